The third kappa shape index (κ3) is 8.51. The van der Waals surface area contributed by atoms with Crippen molar-refractivity contribution in [3.05, 3.63) is 35.9 Å². The number of amides is 2. The first kappa shape index (κ1) is 24.6. The standard InChI is InChI=1S/C22H29F3N2O4/c1-21(2,3)31-20(29)26(4)14-16-8-7-13-27(15-16)19(28)12-11-17-9-5-6-10-18(17)30-22(23,24)25/h5-6,9-12,16H,7-8,13-15H2,1-4H3. The van der Waals surface area contributed by atoms with E-state index in [9.17, 15) is 22.8 Å². The van der Waals surface area contributed by atoms with E-state index in [4.69, 9.17) is 4.74 Å². The quantitative estimate of drug-likeness (QED) is 0.620. The maximum Gasteiger partial charge on any atom is 0.573 e. The van der Waals surface area contributed by atoms with Crippen molar-refractivity contribution in [1.82, 2.24) is 9.80 Å². The van der Waals surface area contributed by atoms with Gasteiger partial charge in [0.25, 0.3) is 0 Å². The zero-order valence-corrected chi connectivity index (χ0v) is 18.2. The molecular weight excluding hydrogens is 413 g/mol. The number of hydrogen-bond acceptors (Lipinski definition) is 4. The van der Waals surface area contributed by atoms with Crippen molar-refractivity contribution in [3.63, 3.8) is 0 Å². The highest BCUT2D eigenvalue weighted by molar-refractivity contribution is 5.92. The van der Waals surface area contributed by atoms with E-state index < -0.39 is 18.1 Å². The van der Waals surface area contributed by atoms with E-state index in [0.29, 0.717) is 19.6 Å². The van der Waals surface area contributed by atoms with Crippen LogP contribution >= 0.6 is 0 Å². The van der Waals surface area contributed by atoms with Gasteiger partial charge >= 0.3 is 12.5 Å². The molecule has 1 atom stereocenters. The van der Waals surface area contributed by atoms with Gasteiger partial charge in [0.05, 0.1) is 0 Å². The van der Waals surface area contributed by atoms with Crippen LogP contribution in [-0.2, 0) is 9.53 Å². The molecule has 0 radical (unpaired) electrons. The molecule has 31 heavy (non-hydrogen) atoms. The van der Waals surface area contributed by atoms with Crippen molar-refractivity contribution in [2.24, 2.45) is 5.92 Å². The van der Waals surface area contributed by atoms with Crippen LogP contribution in [0.4, 0.5) is 18.0 Å². The SMILES string of the molecule is CN(CC1CCCN(C(=O)C=Cc2ccccc2OC(F)(F)F)C1)C(=O)OC(C)(C)C. The van der Waals surface area contributed by atoms with Crippen molar-refractivity contribution in [2.45, 2.75) is 45.6 Å². The van der Waals surface area contributed by atoms with Gasteiger partial charge in [-0.3, -0.25) is 4.79 Å². The largest absolute Gasteiger partial charge is 0.573 e. The van der Waals surface area contributed by atoms with Gasteiger partial charge in [0, 0.05) is 38.3 Å². The predicted molar refractivity (Wildman–Crippen MR) is 110 cm³/mol. The lowest BCUT2D eigenvalue weighted by Gasteiger charge is -2.34. The first-order chi connectivity index (χ1) is 14.3. The number of rotatable bonds is 5. The number of alkyl halides is 3. The molecule has 1 aromatic carbocycles. The molecule has 0 saturated carbocycles. The molecule has 1 unspecified atom stereocenters. The normalized spacial score (nSPS) is 17.5. The van der Waals surface area contributed by atoms with Crippen LogP contribution in [0.3, 0.4) is 0 Å². The third-order valence-corrected chi connectivity index (χ3v) is 4.62. The van der Waals surface area contributed by atoms with E-state index >= 15 is 0 Å². The summed E-state index contributed by atoms with van der Waals surface area (Å²) in [4.78, 5) is 27.9. The molecule has 1 heterocycles. The molecule has 0 aliphatic carbocycles. The molecular formula is C22H29F3N2O4. The van der Waals surface area contributed by atoms with Crippen molar-refractivity contribution in [1.29, 1.82) is 0 Å². The van der Waals surface area contributed by atoms with Gasteiger partial charge in [0.15, 0.2) is 0 Å². The van der Waals surface area contributed by atoms with Gasteiger partial charge in [-0.15, -0.1) is 13.2 Å². The maximum atomic E-state index is 12.6. The number of ether oxygens (including phenoxy) is 2. The van der Waals surface area contributed by atoms with Crippen LogP contribution < -0.4 is 4.74 Å². The van der Waals surface area contributed by atoms with Gasteiger partial charge < -0.3 is 19.3 Å². The summed E-state index contributed by atoms with van der Waals surface area (Å²) in [5, 5.41) is 0. The molecule has 0 spiro atoms. The highest BCUT2D eigenvalue weighted by Gasteiger charge is 2.32. The molecule has 1 fully saturated rings. The lowest BCUT2D eigenvalue weighted by molar-refractivity contribution is -0.274. The van der Waals surface area contributed by atoms with E-state index in [2.05, 4.69) is 4.74 Å². The van der Waals surface area contributed by atoms with Crippen LogP contribution in [0.1, 0.15) is 39.2 Å². The van der Waals surface area contributed by atoms with E-state index in [1.165, 1.54) is 35.3 Å². The van der Waals surface area contributed by atoms with Crippen molar-refractivity contribution in [3.8, 4) is 5.75 Å². The first-order valence-corrected chi connectivity index (χ1v) is 10.1. The zero-order valence-electron chi connectivity index (χ0n) is 18.2. The van der Waals surface area contributed by atoms with Crippen LogP contribution in [0, 0.1) is 5.92 Å². The molecule has 9 heteroatoms. The maximum absolute atomic E-state index is 12.6. The van der Waals surface area contributed by atoms with Gasteiger partial charge in [0.1, 0.15) is 11.4 Å². The second-order valence-corrected chi connectivity index (χ2v) is 8.57. The summed E-state index contributed by atoms with van der Waals surface area (Å²) >= 11 is 0. The second kappa shape index (κ2) is 10.1. The predicted octanol–water partition coefficient (Wildman–Crippen LogP) is 4.70. The Labute approximate surface area is 180 Å². The fourth-order valence-corrected chi connectivity index (χ4v) is 3.32. The van der Waals surface area contributed by atoms with E-state index in [1.807, 2.05) is 0 Å². The molecule has 0 aromatic heterocycles. The first-order valence-electron chi connectivity index (χ1n) is 10.1. The lowest BCUT2D eigenvalue weighted by atomic mass is 9.97. The number of para-hydroxylation sites is 1. The number of nitrogens with zero attached hydrogens (tertiary/aromatic N) is 2. The molecule has 1 aliphatic heterocycles. The van der Waals surface area contributed by atoms with Crippen LogP contribution in [0.2, 0.25) is 0 Å². The fourth-order valence-electron chi connectivity index (χ4n) is 3.32. The van der Waals surface area contributed by atoms with Gasteiger partial charge in [-0.25, -0.2) is 4.79 Å². The number of carbonyl (C=O) groups is 2. The smallest absolute Gasteiger partial charge is 0.444 e. The number of carbonyl (C=O) groups excluding carboxylic acids is 2. The molecule has 0 N–H and O–H groups in total. The van der Waals surface area contributed by atoms with Crippen LogP contribution in [-0.4, -0.2) is 60.4 Å². The highest BCUT2D eigenvalue weighted by Crippen LogP contribution is 2.27. The Morgan fingerprint density at radius 2 is 1.90 bits per heavy atom. The second-order valence-electron chi connectivity index (χ2n) is 8.57. The lowest BCUT2D eigenvalue weighted by Crippen LogP contribution is -2.44. The van der Waals surface area contributed by atoms with Crippen LogP contribution in [0.15, 0.2) is 30.3 Å². The molecule has 1 saturated heterocycles. The summed E-state index contributed by atoms with van der Waals surface area (Å²) < 4.78 is 47.0. The molecule has 1 aromatic rings. The summed E-state index contributed by atoms with van der Waals surface area (Å²) in [6, 6.07) is 5.63. The topological polar surface area (TPSA) is 59.1 Å². The van der Waals surface area contributed by atoms with Gasteiger partial charge in [-0.05, 0) is 51.7 Å². The van der Waals surface area contributed by atoms with Gasteiger partial charge in [0.2, 0.25) is 5.91 Å². The average molecular weight is 442 g/mol. The minimum absolute atomic E-state index is 0.0875. The number of likely N-dealkylation sites (tertiary alicyclic amines) is 1. The molecule has 2 amide bonds. The Bertz CT molecular complexity index is 803. The Hall–Kier alpha value is -2.71. The van der Waals surface area contributed by atoms with Crippen molar-refractivity contribution in [2.75, 3.05) is 26.7 Å². The number of hydrogen-bond donors (Lipinski definition) is 0. The summed E-state index contributed by atoms with van der Waals surface area (Å²) in [6.45, 7) is 6.84. The van der Waals surface area contributed by atoms with E-state index in [0.717, 1.165) is 12.8 Å². The van der Waals surface area contributed by atoms with Crippen molar-refractivity contribution < 1.29 is 32.2 Å². The van der Waals surface area contributed by atoms with Crippen LogP contribution in [0.5, 0.6) is 5.75 Å². The Balaban J connectivity index is 1.97. The number of benzene rings is 1. The zero-order chi connectivity index (χ0) is 23.2. The van der Waals surface area contributed by atoms with Crippen molar-refractivity contribution >= 4 is 18.1 Å². The minimum atomic E-state index is -4.81. The van der Waals surface area contributed by atoms with Gasteiger partial charge in [-0.2, -0.15) is 0 Å². The molecule has 6 nitrogen and oxygen atoms in total. The summed E-state index contributed by atoms with van der Waals surface area (Å²) in [7, 11) is 1.66. The average Bonchev–Trinajstić information content (AvgIpc) is 2.64. The van der Waals surface area contributed by atoms with E-state index in [-0.39, 0.29) is 23.1 Å². The number of piperidine rings is 1. The third-order valence-electron chi connectivity index (χ3n) is 4.62. The Morgan fingerprint density at radius 3 is 2.55 bits per heavy atom. The summed E-state index contributed by atoms with van der Waals surface area (Å²) in [6.07, 6.45) is -1.02. The highest BCUT2D eigenvalue weighted by atomic mass is 19.4. The van der Waals surface area contributed by atoms with Crippen LogP contribution in [0.25, 0.3) is 6.08 Å². The van der Waals surface area contributed by atoms with Gasteiger partial charge in [-0.1, -0.05) is 18.2 Å². The Morgan fingerprint density at radius 1 is 1.23 bits per heavy atom. The molecule has 1 aliphatic rings. The minimum Gasteiger partial charge on any atom is -0.444 e. The molecule has 172 valence electrons. The monoisotopic (exact) mass is 442 g/mol. The Kier molecular flexibility index (Phi) is 7.97. The summed E-state index contributed by atoms with van der Waals surface area (Å²) in [5.41, 5.74) is -0.428. The number of halogens is 3. The molecule has 2 rings (SSSR count). The fraction of sp³-hybridized carbons (Fsp3) is 0.545. The summed E-state index contributed by atoms with van der Waals surface area (Å²) in [5.74, 6) is -0.578. The van der Waals surface area contributed by atoms with E-state index in [1.54, 1.807) is 38.8 Å². The molecule has 0 bridgehead atoms.